The number of aromatic amines is 1. The molecule has 1 N–H and O–H groups in total. The van der Waals surface area contributed by atoms with Crippen LogP contribution in [0, 0.1) is 0 Å². The van der Waals surface area contributed by atoms with Crippen LogP contribution >= 0.6 is 27.5 Å². The van der Waals surface area contributed by atoms with Gasteiger partial charge in [0.25, 0.3) is 0 Å². The van der Waals surface area contributed by atoms with Crippen LogP contribution in [0.3, 0.4) is 0 Å². The molecule has 0 saturated carbocycles. The van der Waals surface area contributed by atoms with Crippen molar-refractivity contribution in [2.75, 3.05) is 0 Å². The minimum absolute atomic E-state index is 0.671. The van der Waals surface area contributed by atoms with E-state index in [1.165, 1.54) is 0 Å². The molecule has 4 heteroatoms. The van der Waals surface area contributed by atoms with Crippen molar-refractivity contribution in [3.8, 4) is 0 Å². The number of H-pyrrole nitrogens is 1. The fourth-order valence-corrected chi connectivity index (χ4v) is 1.62. The van der Waals surface area contributed by atoms with Crippen LogP contribution in [0.4, 0.5) is 0 Å². The number of nitrogens with one attached hydrogen (secondary N) is 1. The van der Waals surface area contributed by atoms with Gasteiger partial charge in [0.05, 0.1) is 10.5 Å². The van der Waals surface area contributed by atoms with Gasteiger partial charge < -0.3 is 4.98 Å². The quantitative estimate of drug-likeness (QED) is 0.694. The zero-order valence-corrected chi connectivity index (χ0v) is 7.78. The third-order valence-corrected chi connectivity index (χ3v) is 2.40. The molecule has 0 aliphatic heterocycles. The van der Waals surface area contributed by atoms with Gasteiger partial charge in [-0.05, 0) is 22.0 Å². The van der Waals surface area contributed by atoms with E-state index in [9.17, 15) is 0 Å². The number of hydrogen-bond donors (Lipinski definition) is 1. The van der Waals surface area contributed by atoms with E-state index in [4.69, 9.17) is 11.6 Å². The lowest BCUT2D eigenvalue weighted by Crippen LogP contribution is -1.77. The smallest absolute Gasteiger partial charge is 0.130 e. The Balaban J connectivity index is 2.96. The monoisotopic (exact) mass is 230 g/mol. The second-order valence-electron chi connectivity index (χ2n) is 2.16. The minimum Gasteiger partial charge on any atom is -0.359 e. The average molecular weight is 231 g/mol. The maximum Gasteiger partial charge on any atom is 0.130 e. The van der Waals surface area contributed by atoms with Gasteiger partial charge in [-0.25, -0.2) is 4.98 Å². The van der Waals surface area contributed by atoms with Gasteiger partial charge in [-0.15, -0.1) is 0 Å². The van der Waals surface area contributed by atoms with E-state index in [1.54, 1.807) is 6.20 Å². The molecule has 0 atom stereocenters. The maximum absolute atomic E-state index is 5.87. The maximum atomic E-state index is 5.87. The van der Waals surface area contributed by atoms with Crippen molar-refractivity contribution < 1.29 is 0 Å². The Kier molecular flexibility index (Phi) is 1.62. The number of pyridine rings is 1. The van der Waals surface area contributed by atoms with E-state index < -0.39 is 0 Å². The second-order valence-corrected chi connectivity index (χ2v) is 3.32. The molecule has 2 rings (SSSR count). The van der Waals surface area contributed by atoms with Crippen LogP contribution in [0.25, 0.3) is 10.9 Å². The van der Waals surface area contributed by atoms with E-state index in [2.05, 4.69) is 25.9 Å². The SMILES string of the molecule is Clc1cnc(Br)c2[nH]ccc12. The van der Waals surface area contributed by atoms with Crippen molar-refractivity contribution in [2.45, 2.75) is 0 Å². The van der Waals surface area contributed by atoms with Crippen LogP contribution in [-0.2, 0) is 0 Å². The van der Waals surface area contributed by atoms with Gasteiger partial charge in [0, 0.05) is 17.8 Å². The number of fused-ring (bicyclic) bond motifs is 1. The normalized spacial score (nSPS) is 10.7. The van der Waals surface area contributed by atoms with E-state index in [0.717, 1.165) is 15.5 Å². The summed E-state index contributed by atoms with van der Waals surface area (Å²) in [6.45, 7) is 0. The van der Waals surface area contributed by atoms with Crippen molar-refractivity contribution in [3.05, 3.63) is 28.1 Å². The van der Waals surface area contributed by atoms with Crippen molar-refractivity contribution in [3.63, 3.8) is 0 Å². The molecule has 0 aliphatic carbocycles. The Morgan fingerprint density at radius 1 is 1.55 bits per heavy atom. The standard InChI is InChI=1S/C7H4BrClN2/c8-7-6-4(1-2-10-6)5(9)3-11-7/h1-3,10H. The molecule has 0 aliphatic rings. The Bertz CT molecular complexity index is 360. The second kappa shape index (κ2) is 2.50. The molecular weight excluding hydrogens is 227 g/mol. The van der Waals surface area contributed by atoms with Crippen LogP contribution < -0.4 is 0 Å². The Morgan fingerprint density at radius 3 is 3.09 bits per heavy atom. The first-order valence-electron chi connectivity index (χ1n) is 3.06. The topological polar surface area (TPSA) is 28.7 Å². The van der Waals surface area contributed by atoms with Crippen molar-refractivity contribution in [1.29, 1.82) is 0 Å². The van der Waals surface area contributed by atoms with Gasteiger partial charge in [0.15, 0.2) is 0 Å². The summed E-state index contributed by atoms with van der Waals surface area (Å²) in [6.07, 6.45) is 3.46. The Hall–Kier alpha value is -0.540. The lowest BCUT2D eigenvalue weighted by atomic mass is 10.3. The summed E-state index contributed by atoms with van der Waals surface area (Å²) >= 11 is 9.18. The van der Waals surface area contributed by atoms with Gasteiger partial charge in [-0.2, -0.15) is 0 Å². The molecule has 0 amide bonds. The highest BCUT2D eigenvalue weighted by atomic mass is 79.9. The molecule has 0 spiro atoms. The summed E-state index contributed by atoms with van der Waals surface area (Å²) in [4.78, 5) is 7.07. The van der Waals surface area contributed by atoms with Gasteiger partial charge in [0.2, 0.25) is 0 Å². The first-order chi connectivity index (χ1) is 5.29. The summed E-state index contributed by atoms with van der Waals surface area (Å²) in [7, 11) is 0. The summed E-state index contributed by atoms with van der Waals surface area (Å²) in [5.74, 6) is 0. The van der Waals surface area contributed by atoms with Crippen LogP contribution in [0.1, 0.15) is 0 Å². The first-order valence-corrected chi connectivity index (χ1v) is 4.23. The van der Waals surface area contributed by atoms with Crippen LogP contribution in [0.2, 0.25) is 5.02 Å². The number of hydrogen-bond acceptors (Lipinski definition) is 1. The summed E-state index contributed by atoms with van der Waals surface area (Å²) in [6, 6.07) is 1.92. The van der Waals surface area contributed by atoms with Crippen molar-refractivity contribution >= 4 is 38.4 Å². The number of nitrogens with zero attached hydrogens (tertiary/aromatic N) is 1. The molecule has 0 unspecified atom stereocenters. The van der Waals surface area contributed by atoms with Crippen LogP contribution in [-0.4, -0.2) is 9.97 Å². The third-order valence-electron chi connectivity index (χ3n) is 1.50. The molecule has 0 saturated heterocycles. The Morgan fingerprint density at radius 2 is 2.36 bits per heavy atom. The molecule has 2 aromatic heterocycles. The number of aromatic nitrogens is 2. The van der Waals surface area contributed by atoms with Gasteiger partial charge in [-0.1, -0.05) is 11.6 Å². The molecule has 0 fully saturated rings. The highest BCUT2D eigenvalue weighted by Gasteiger charge is 2.03. The van der Waals surface area contributed by atoms with Crippen LogP contribution in [0.15, 0.2) is 23.1 Å². The fourth-order valence-electron chi connectivity index (χ4n) is 0.987. The van der Waals surface area contributed by atoms with E-state index in [1.807, 2.05) is 12.3 Å². The van der Waals surface area contributed by atoms with E-state index in [-0.39, 0.29) is 0 Å². The predicted molar refractivity (Wildman–Crippen MR) is 48.8 cm³/mol. The highest BCUT2D eigenvalue weighted by Crippen LogP contribution is 2.26. The molecule has 56 valence electrons. The molecular formula is C7H4BrClN2. The zero-order valence-electron chi connectivity index (χ0n) is 5.44. The molecule has 0 aromatic carbocycles. The molecule has 11 heavy (non-hydrogen) atoms. The summed E-state index contributed by atoms with van der Waals surface area (Å²) < 4.78 is 0.793. The largest absolute Gasteiger partial charge is 0.359 e. The first kappa shape index (κ1) is 7.13. The molecule has 2 aromatic rings. The minimum atomic E-state index is 0.671. The third kappa shape index (κ3) is 1.04. The Labute approximate surface area is 76.7 Å². The van der Waals surface area contributed by atoms with Gasteiger partial charge >= 0.3 is 0 Å². The summed E-state index contributed by atoms with van der Waals surface area (Å²) in [5.41, 5.74) is 0.942. The zero-order chi connectivity index (χ0) is 7.84. The molecule has 2 nitrogen and oxygen atoms in total. The van der Waals surface area contributed by atoms with Crippen LogP contribution in [0.5, 0.6) is 0 Å². The van der Waals surface area contributed by atoms with E-state index >= 15 is 0 Å². The summed E-state index contributed by atoms with van der Waals surface area (Å²) in [5, 5.41) is 1.66. The molecule has 2 heterocycles. The van der Waals surface area contributed by atoms with Crippen molar-refractivity contribution in [2.24, 2.45) is 0 Å². The molecule has 0 radical (unpaired) electrons. The van der Waals surface area contributed by atoms with Gasteiger partial charge in [-0.3, -0.25) is 0 Å². The lowest BCUT2D eigenvalue weighted by molar-refractivity contribution is 1.29. The predicted octanol–water partition coefficient (Wildman–Crippen LogP) is 2.98. The van der Waals surface area contributed by atoms with Crippen molar-refractivity contribution in [1.82, 2.24) is 9.97 Å². The lowest BCUT2D eigenvalue weighted by Gasteiger charge is -1.94. The highest BCUT2D eigenvalue weighted by molar-refractivity contribution is 9.10. The van der Waals surface area contributed by atoms with E-state index in [0.29, 0.717) is 5.02 Å². The molecule has 0 bridgehead atoms. The average Bonchev–Trinajstić information content (AvgIpc) is 2.45. The number of halogens is 2. The van der Waals surface area contributed by atoms with Gasteiger partial charge in [0.1, 0.15) is 4.60 Å². The number of rotatable bonds is 0. The fraction of sp³-hybridized carbons (Fsp3) is 0.